The molecule has 0 saturated carbocycles. The average Bonchev–Trinajstić information content (AvgIpc) is 2.67. The third kappa shape index (κ3) is 4.24. The number of rotatable bonds is 7. The van der Waals surface area contributed by atoms with Crippen molar-refractivity contribution in [3.63, 3.8) is 0 Å². The van der Waals surface area contributed by atoms with Crippen molar-refractivity contribution in [2.75, 3.05) is 49.5 Å². The molecular formula is C17H22N6O3. The van der Waals surface area contributed by atoms with Crippen molar-refractivity contribution in [3.8, 4) is 0 Å². The van der Waals surface area contributed by atoms with Gasteiger partial charge in [-0.05, 0) is 5.56 Å². The molecule has 0 amide bonds. The van der Waals surface area contributed by atoms with E-state index >= 15 is 0 Å². The number of nitrogens with zero attached hydrogens (tertiary/aromatic N) is 5. The Hall–Kier alpha value is -2.78. The number of anilines is 2. The number of aromatic nitrogens is 2. The van der Waals surface area contributed by atoms with Gasteiger partial charge in [0.1, 0.15) is 6.33 Å². The largest absolute Gasteiger partial charge is 0.395 e. The van der Waals surface area contributed by atoms with E-state index in [1.165, 1.54) is 6.33 Å². The molecule has 0 atom stereocenters. The lowest BCUT2D eigenvalue weighted by atomic mass is 10.2. The molecule has 0 radical (unpaired) electrons. The quantitative estimate of drug-likeness (QED) is 0.560. The molecule has 2 N–H and O–H groups in total. The number of aliphatic hydroxyl groups excluding tert-OH is 1. The minimum absolute atomic E-state index is 0.0981. The number of piperazine rings is 1. The van der Waals surface area contributed by atoms with E-state index in [-0.39, 0.29) is 18.1 Å². The Bertz CT molecular complexity index is 735. The normalized spacial score (nSPS) is 15.0. The van der Waals surface area contributed by atoms with E-state index in [4.69, 9.17) is 5.11 Å². The van der Waals surface area contributed by atoms with Gasteiger partial charge < -0.3 is 15.3 Å². The zero-order chi connectivity index (χ0) is 18.4. The van der Waals surface area contributed by atoms with Crippen molar-refractivity contribution in [1.82, 2.24) is 14.9 Å². The molecule has 9 nitrogen and oxygen atoms in total. The Morgan fingerprint density at radius 3 is 2.54 bits per heavy atom. The third-order valence-electron chi connectivity index (χ3n) is 4.38. The van der Waals surface area contributed by atoms with Crippen LogP contribution < -0.4 is 10.2 Å². The van der Waals surface area contributed by atoms with Crippen LogP contribution in [0.5, 0.6) is 0 Å². The van der Waals surface area contributed by atoms with Crippen LogP contribution in [0.15, 0.2) is 36.7 Å². The molecule has 0 spiro atoms. The first-order valence-electron chi connectivity index (χ1n) is 8.54. The molecular weight excluding hydrogens is 336 g/mol. The van der Waals surface area contributed by atoms with Gasteiger partial charge in [0.2, 0.25) is 11.6 Å². The summed E-state index contributed by atoms with van der Waals surface area (Å²) in [5.41, 5.74) is 0.915. The summed E-state index contributed by atoms with van der Waals surface area (Å²) in [6.45, 7) is 3.88. The lowest BCUT2D eigenvalue weighted by Gasteiger charge is -2.34. The highest BCUT2D eigenvalue weighted by Gasteiger charge is 2.29. The maximum atomic E-state index is 11.7. The molecule has 1 aliphatic heterocycles. The number of nitro groups is 1. The Labute approximate surface area is 151 Å². The van der Waals surface area contributed by atoms with Crippen LogP contribution in [0, 0.1) is 10.1 Å². The number of benzene rings is 1. The zero-order valence-corrected chi connectivity index (χ0v) is 14.4. The first-order valence-corrected chi connectivity index (χ1v) is 8.54. The van der Waals surface area contributed by atoms with Crippen LogP contribution in [0.25, 0.3) is 0 Å². The van der Waals surface area contributed by atoms with Crippen LogP contribution in [0.4, 0.5) is 17.3 Å². The number of hydrogen-bond donors (Lipinski definition) is 2. The van der Waals surface area contributed by atoms with Gasteiger partial charge in [-0.2, -0.15) is 0 Å². The molecule has 3 rings (SSSR count). The third-order valence-corrected chi connectivity index (χ3v) is 4.38. The second kappa shape index (κ2) is 8.54. The van der Waals surface area contributed by atoms with E-state index in [2.05, 4.69) is 20.2 Å². The van der Waals surface area contributed by atoms with Crippen molar-refractivity contribution in [2.45, 2.75) is 6.54 Å². The molecule has 1 aromatic carbocycles. The summed E-state index contributed by atoms with van der Waals surface area (Å²) in [5, 5.41) is 23.8. The number of aliphatic hydroxyl groups is 1. The van der Waals surface area contributed by atoms with Gasteiger partial charge in [-0.1, -0.05) is 30.3 Å². The second-order valence-corrected chi connectivity index (χ2v) is 6.04. The van der Waals surface area contributed by atoms with Crippen LogP contribution in [-0.4, -0.2) is 64.2 Å². The molecule has 138 valence electrons. The smallest absolute Gasteiger partial charge is 0.353 e. The Morgan fingerprint density at radius 1 is 1.15 bits per heavy atom. The summed E-state index contributed by atoms with van der Waals surface area (Å²) in [4.78, 5) is 23.5. The molecule has 1 aromatic heterocycles. The van der Waals surface area contributed by atoms with Crippen molar-refractivity contribution in [1.29, 1.82) is 0 Å². The maximum Gasteiger partial charge on any atom is 0.353 e. The van der Waals surface area contributed by atoms with E-state index < -0.39 is 4.92 Å². The molecule has 26 heavy (non-hydrogen) atoms. The topological polar surface area (TPSA) is 108 Å². The predicted octanol–water partition coefficient (Wildman–Crippen LogP) is 1.11. The van der Waals surface area contributed by atoms with Gasteiger partial charge in [0.15, 0.2) is 0 Å². The molecule has 0 aliphatic carbocycles. The van der Waals surface area contributed by atoms with E-state index in [1.54, 1.807) is 0 Å². The van der Waals surface area contributed by atoms with Gasteiger partial charge in [-0.3, -0.25) is 15.0 Å². The first-order chi connectivity index (χ1) is 12.7. The number of β-amino-alcohol motifs (C(OH)–C–C–N with tert-alkyl or cyclic N) is 1. The van der Waals surface area contributed by atoms with Crippen LogP contribution in [-0.2, 0) is 6.54 Å². The van der Waals surface area contributed by atoms with Crippen LogP contribution in [0.2, 0.25) is 0 Å². The summed E-state index contributed by atoms with van der Waals surface area (Å²) in [6.07, 6.45) is 1.36. The number of hydrogen-bond acceptors (Lipinski definition) is 8. The van der Waals surface area contributed by atoms with E-state index in [0.29, 0.717) is 32.0 Å². The fraction of sp³-hybridized carbons (Fsp3) is 0.412. The monoisotopic (exact) mass is 358 g/mol. The summed E-state index contributed by atoms with van der Waals surface area (Å²) >= 11 is 0. The molecule has 1 aliphatic rings. The molecule has 0 unspecified atom stereocenters. The first kappa shape index (κ1) is 18.0. The Balaban J connectivity index is 1.77. The molecule has 1 fully saturated rings. The van der Waals surface area contributed by atoms with Crippen LogP contribution in [0.1, 0.15) is 5.56 Å². The fourth-order valence-electron chi connectivity index (χ4n) is 3.00. The van der Waals surface area contributed by atoms with Gasteiger partial charge in [0.05, 0.1) is 11.5 Å². The summed E-state index contributed by atoms with van der Waals surface area (Å²) in [5.74, 6) is 0.561. The van der Waals surface area contributed by atoms with Gasteiger partial charge in [0, 0.05) is 39.3 Å². The minimum atomic E-state index is -0.428. The molecule has 9 heteroatoms. The van der Waals surface area contributed by atoms with Crippen molar-refractivity contribution in [3.05, 3.63) is 52.3 Å². The summed E-state index contributed by atoms with van der Waals surface area (Å²) in [7, 11) is 0. The highest BCUT2D eigenvalue weighted by molar-refractivity contribution is 5.70. The highest BCUT2D eigenvalue weighted by atomic mass is 16.6. The Kier molecular flexibility index (Phi) is 5.92. The van der Waals surface area contributed by atoms with Crippen LogP contribution >= 0.6 is 0 Å². The van der Waals surface area contributed by atoms with E-state index in [9.17, 15) is 10.1 Å². The molecule has 2 heterocycles. The summed E-state index contributed by atoms with van der Waals surface area (Å²) < 4.78 is 0. The van der Waals surface area contributed by atoms with Gasteiger partial charge in [0.25, 0.3) is 0 Å². The van der Waals surface area contributed by atoms with Crippen LogP contribution in [0.3, 0.4) is 0 Å². The van der Waals surface area contributed by atoms with E-state index in [0.717, 1.165) is 18.7 Å². The number of nitrogens with one attached hydrogen (secondary N) is 1. The molecule has 0 bridgehead atoms. The van der Waals surface area contributed by atoms with Gasteiger partial charge in [-0.15, -0.1) is 0 Å². The van der Waals surface area contributed by atoms with Crippen molar-refractivity contribution in [2.24, 2.45) is 0 Å². The standard InChI is InChI=1S/C17H22N6O3/c24-11-10-21-6-8-22(9-7-21)17-15(23(25)26)16(19-13-20-17)18-12-14-4-2-1-3-5-14/h1-5,13,24H,6-12H2,(H,18,19,20). The Morgan fingerprint density at radius 2 is 1.88 bits per heavy atom. The maximum absolute atomic E-state index is 11.7. The SMILES string of the molecule is O=[N+]([O-])c1c(NCc2ccccc2)ncnc1N1CCN(CCO)CC1. The fourth-order valence-corrected chi connectivity index (χ4v) is 3.00. The predicted molar refractivity (Wildman–Crippen MR) is 98.2 cm³/mol. The lowest BCUT2D eigenvalue weighted by molar-refractivity contribution is -0.383. The average molecular weight is 358 g/mol. The van der Waals surface area contributed by atoms with Gasteiger partial charge in [-0.25, -0.2) is 9.97 Å². The zero-order valence-electron chi connectivity index (χ0n) is 14.4. The second-order valence-electron chi connectivity index (χ2n) is 6.04. The molecule has 2 aromatic rings. The highest BCUT2D eigenvalue weighted by Crippen LogP contribution is 2.32. The van der Waals surface area contributed by atoms with Crippen molar-refractivity contribution < 1.29 is 10.0 Å². The minimum Gasteiger partial charge on any atom is -0.395 e. The van der Waals surface area contributed by atoms with Gasteiger partial charge >= 0.3 is 5.69 Å². The van der Waals surface area contributed by atoms with E-state index in [1.807, 2.05) is 35.2 Å². The summed E-state index contributed by atoms with van der Waals surface area (Å²) in [6, 6.07) is 9.65. The molecule has 1 saturated heterocycles. The van der Waals surface area contributed by atoms with Crippen molar-refractivity contribution >= 4 is 17.3 Å². The lowest BCUT2D eigenvalue weighted by Crippen LogP contribution is -2.47.